The fraction of sp³-hybridized carbons (Fsp3) is 0.625. The van der Waals surface area contributed by atoms with Crippen molar-refractivity contribution in [3.05, 3.63) is 33.9 Å². The highest BCUT2D eigenvalue weighted by Gasteiger charge is 2.39. The number of benzene rings is 1. The van der Waals surface area contributed by atoms with Gasteiger partial charge >= 0.3 is 6.18 Å². The van der Waals surface area contributed by atoms with Crippen molar-refractivity contribution in [3.8, 4) is 0 Å². The van der Waals surface area contributed by atoms with Gasteiger partial charge in [0.05, 0.1) is 17.1 Å². The van der Waals surface area contributed by atoms with Gasteiger partial charge in [0.1, 0.15) is 5.56 Å². The minimum atomic E-state index is -4.76. The van der Waals surface area contributed by atoms with Gasteiger partial charge < -0.3 is 9.64 Å². The third kappa shape index (κ3) is 4.17. The van der Waals surface area contributed by atoms with E-state index in [1.54, 1.807) is 4.90 Å². The second kappa shape index (κ2) is 7.38. The van der Waals surface area contributed by atoms with Crippen molar-refractivity contribution in [2.75, 3.05) is 18.0 Å². The SMILES string of the molecule is CCCC(CC)OC1CN(c2ccc([N+](=O)[O-])c(C(F)(F)F)c2)C1. The molecule has 134 valence electrons. The average Bonchev–Trinajstić information content (AvgIpc) is 2.47. The maximum absolute atomic E-state index is 13.0. The summed E-state index contributed by atoms with van der Waals surface area (Å²) in [7, 11) is 0. The standard InChI is InChI=1S/C16H21F3N2O3/c1-3-5-12(4-2)24-13-9-20(10-13)11-6-7-15(21(22)23)14(8-11)16(17,18)19/h6-8,12-13H,3-5,9-10H2,1-2H3. The van der Waals surface area contributed by atoms with Crippen molar-refractivity contribution in [2.24, 2.45) is 0 Å². The molecular weight excluding hydrogens is 325 g/mol. The van der Waals surface area contributed by atoms with Crippen LogP contribution >= 0.6 is 0 Å². The van der Waals surface area contributed by atoms with Crippen LogP contribution in [0.15, 0.2) is 18.2 Å². The van der Waals surface area contributed by atoms with Crippen LogP contribution in [0.4, 0.5) is 24.5 Å². The molecule has 1 aromatic rings. The minimum absolute atomic E-state index is 0.00831. The zero-order valence-corrected chi connectivity index (χ0v) is 13.7. The molecule has 8 heteroatoms. The van der Waals surface area contributed by atoms with Crippen LogP contribution in [-0.4, -0.2) is 30.2 Å². The van der Waals surface area contributed by atoms with Crippen molar-refractivity contribution in [1.82, 2.24) is 0 Å². The molecule has 5 nitrogen and oxygen atoms in total. The van der Waals surface area contributed by atoms with E-state index in [0.29, 0.717) is 18.8 Å². The molecule has 1 unspecified atom stereocenters. The Morgan fingerprint density at radius 1 is 1.38 bits per heavy atom. The fourth-order valence-electron chi connectivity index (χ4n) is 2.80. The van der Waals surface area contributed by atoms with Crippen LogP contribution in [-0.2, 0) is 10.9 Å². The van der Waals surface area contributed by atoms with E-state index in [9.17, 15) is 23.3 Å². The number of nitrogens with zero attached hydrogens (tertiary/aromatic N) is 2. The molecule has 0 spiro atoms. The molecule has 0 N–H and O–H groups in total. The number of halogens is 3. The topological polar surface area (TPSA) is 55.6 Å². The first kappa shape index (κ1) is 18.5. The van der Waals surface area contributed by atoms with Crippen LogP contribution in [0.5, 0.6) is 0 Å². The molecule has 24 heavy (non-hydrogen) atoms. The van der Waals surface area contributed by atoms with Gasteiger partial charge in [0.2, 0.25) is 0 Å². The lowest BCUT2D eigenvalue weighted by Gasteiger charge is -2.42. The van der Waals surface area contributed by atoms with E-state index >= 15 is 0 Å². The highest BCUT2D eigenvalue weighted by atomic mass is 19.4. The molecule has 1 heterocycles. The molecule has 0 aromatic heterocycles. The van der Waals surface area contributed by atoms with Gasteiger partial charge in [-0.3, -0.25) is 10.1 Å². The zero-order chi connectivity index (χ0) is 17.9. The molecule has 0 aliphatic carbocycles. The second-order valence-corrected chi connectivity index (χ2v) is 5.94. The maximum Gasteiger partial charge on any atom is 0.423 e. The summed E-state index contributed by atoms with van der Waals surface area (Å²) in [6, 6.07) is 3.11. The molecule has 1 aliphatic heterocycles. The monoisotopic (exact) mass is 346 g/mol. The molecule has 0 bridgehead atoms. The number of ether oxygens (including phenoxy) is 1. The Bertz CT molecular complexity index is 586. The van der Waals surface area contributed by atoms with Crippen LogP contribution in [0.1, 0.15) is 38.7 Å². The number of hydrogen-bond donors (Lipinski definition) is 0. The van der Waals surface area contributed by atoms with Gasteiger partial charge in [-0.25, -0.2) is 0 Å². The number of rotatable bonds is 7. The first-order chi connectivity index (χ1) is 11.3. The number of anilines is 1. The van der Waals surface area contributed by atoms with Crippen LogP contribution in [0.25, 0.3) is 0 Å². The van der Waals surface area contributed by atoms with E-state index in [1.807, 2.05) is 6.92 Å². The molecule has 1 aliphatic rings. The van der Waals surface area contributed by atoms with Gasteiger partial charge in [0, 0.05) is 24.8 Å². The van der Waals surface area contributed by atoms with E-state index in [1.165, 1.54) is 6.07 Å². The van der Waals surface area contributed by atoms with Crippen LogP contribution in [0, 0.1) is 10.1 Å². The third-order valence-corrected chi connectivity index (χ3v) is 4.15. The van der Waals surface area contributed by atoms with Crippen LogP contribution < -0.4 is 4.90 Å². The number of hydrogen-bond acceptors (Lipinski definition) is 4. The highest BCUT2D eigenvalue weighted by Crippen LogP contribution is 2.39. The smallest absolute Gasteiger partial charge is 0.371 e. The van der Waals surface area contributed by atoms with Crippen molar-refractivity contribution in [3.63, 3.8) is 0 Å². The van der Waals surface area contributed by atoms with Gasteiger partial charge in [-0.15, -0.1) is 0 Å². The summed E-state index contributed by atoms with van der Waals surface area (Å²) in [4.78, 5) is 11.5. The van der Waals surface area contributed by atoms with Crippen molar-refractivity contribution in [2.45, 2.75) is 51.5 Å². The largest absolute Gasteiger partial charge is 0.423 e. The van der Waals surface area contributed by atoms with Gasteiger partial charge in [0.25, 0.3) is 5.69 Å². The molecule has 1 atom stereocenters. The van der Waals surface area contributed by atoms with Crippen molar-refractivity contribution < 1.29 is 22.8 Å². The van der Waals surface area contributed by atoms with Crippen molar-refractivity contribution >= 4 is 11.4 Å². The number of nitro groups is 1. The van der Waals surface area contributed by atoms with Crippen molar-refractivity contribution in [1.29, 1.82) is 0 Å². The number of nitro benzene ring substituents is 1. The average molecular weight is 346 g/mol. The molecule has 1 saturated heterocycles. The van der Waals surface area contributed by atoms with E-state index in [-0.39, 0.29) is 12.2 Å². The maximum atomic E-state index is 13.0. The fourth-order valence-corrected chi connectivity index (χ4v) is 2.80. The van der Waals surface area contributed by atoms with E-state index in [0.717, 1.165) is 31.4 Å². The lowest BCUT2D eigenvalue weighted by Crippen LogP contribution is -2.53. The molecule has 0 radical (unpaired) electrons. The van der Waals surface area contributed by atoms with E-state index in [4.69, 9.17) is 4.74 Å². The number of alkyl halides is 3. The molecule has 2 rings (SSSR count). The Morgan fingerprint density at radius 3 is 2.54 bits per heavy atom. The highest BCUT2D eigenvalue weighted by molar-refractivity contribution is 5.58. The second-order valence-electron chi connectivity index (χ2n) is 5.94. The summed E-state index contributed by atoms with van der Waals surface area (Å²) in [6.45, 7) is 5.11. The predicted octanol–water partition coefficient (Wildman–Crippen LogP) is 4.40. The summed E-state index contributed by atoms with van der Waals surface area (Å²) in [5.74, 6) is 0. The summed E-state index contributed by atoms with van der Waals surface area (Å²) < 4.78 is 44.9. The first-order valence-electron chi connectivity index (χ1n) is 8.02. The summed E-state index contributed by atoms with van der Waals surface area (Å²) >= 11 is 0. The Morgan fingerprint density at radius 2 is 2.04 bits per heavy atom. The summed E-state index contributed by atoms with van der Waals surface area (Å²) in [5, 5.41) is 10.8. The Labute approximate surface area is 138 Å². The Hall–Kier alpha value is -1.83. The zero-order valence-electron chi connectivity index (χ0n) is 13.7. The van der Waals surface area contributed by atoms with Gasteiger partial charge in [-0.05, 0) is 25.0 Å². The Kier molecular flexibility index (Phi) is 5.69. The molecule has 0 amide bonds. The molecule has 1 fully saturated rings. The van der Waals surface area contributed by atoms with E-state index < -0.39 is 22.4 Å². The molecule has 1 aromatic carbocycles. The van der Waals surface area contributed by atoms with Gasteiger partial charge in [-0.1, -0.05) is 20.3 Å². The lowest BCUT2D eigenvalue weighted by atomic mass is 10.1. The summed E-state index contributed by atoms with van der Waals surface area (Å²) in [5.41, 5.74) is -1.81. The molecule has 0 saturated carbocycles. The minimum Gasteiger partial charge on any atom is -0.371 e. The van der Waals surface area contributed by atoms with Gasteiger partial charge in [0.15, 0.2) is 0 Å². The lowest BCUT2D eigenvalue weighted by molar-refractivity contribution is -0.388. The summed E-state index contributed by atoms with van der Waals surface area (Å²) in [6.07, 6.45) is -1.71. The van der Waals surface area contributed by atoms with Gasteiger partial charge in [-0.2, -0.15) is 13.2 Å². The quantitative estimate of drug-likeness (QED) is 0.542. The predicted molar refractivity (Wildman–Crippen MR) is 84.2 cm³/mol. The first-order valence-corrected chi connectivity index (χ1v) is 8.02. The molecular formula is C16H21F3N2O3. The Balaban J connectivity index is 2.06. The van der Waals surface area contributed by atoms with Crippen LogP contribution in [0.3, 0.4) is 0 Å². The normalized spacial score (nSPS) is 16.8. The van der Waals surface area contributed by atoms with Crippen LogP contribution in [0.2, 0.25) is 0 Å². The third-order valence-electron chi connectivity index (χ3n) is 4.15. The van der Waals surface area contributed by atoms with E-state index in [2.05, 4.69) is 6.92 Å².